The van der Waals surface area contributed by atoms with Crippen molar-refractivity contribution in [3.8, 4) is 6.07 Å². The van der Waals surface area contributed by atoms with Crippen LogP contribution in [-0.2, 0) is 24.3 Å². The molecule has 0 saturated carbocycles. The predicted octanol–water partition coefficient (Wildman–Crippen LogP) is 5.81. The van der Waals surface area contributed by atoms with E-state index in [1.165, 1.54) is 12.1 Å². The summed E-state index contributed by atoms with van der Waals surface area (Å²) in [5, 5.41) is 16.2. The molecule has 1 amide bonds. The molecule has 0 radical (unpaired) electrons. The minimum absolute atomic E-state index is 0.141. The normalized spacial score (nSPS) is 10.6. The molecule has 204 valence electrons. The third-order valence-corrected chi connectivity index (χ3v) is 7.25. The molecule has 0 aliphatic heterocycles. The highest BCUT2D eigenvalue weighted by Crippen LogP contribution is 2.26. The van der Waals surface area contributed by atoms with Crippen molar-refractivity contribution < 1.29 is 9.18 Å². The number of imidazole rings is 1. The van der Waals surface area contributed by atoms with Gasteiger partial charge in [0.25, 0.3) is 0 Å². The molecule has 7 nitrogen and oxygen atoms in total. The summed E-state index contributed by atoms with van der Waals surface area (Å²) in [7, 11) is 0. The Morgan fingerprint density at radius 1 is 1.12 bits per heavy atom. The van der Waals surface area contributed by atoms with Crippen molar-refractivity contribution in [1.29, 1.82) is 5.26 Å². The average molecular weight is 596 g/mol. The Labute approximate surface area is 247 Å². The summed E-state index contributed by atoms with van der Waals surface area (Å²) >= 11 is 18.2. The first-order valence-corrected chi connectivity index (χ1v) is 13.5. The lowest BCUT2D eigenvalue weighted by Gasteiger charge is -2.27. The van der Waals surface area contributed by atoms with Gasteiger partial charge in [-0.25, -0.2) is 9.37 Å². The minimum Gasteiger partial charge on any atom is -0.354 e. The van der Waals surface area contributed by atoms with Gasteiger partial charge in [-0.1, -0.05) is 53.5 Å². The van der Waals surface area contributed by atoms with Gasteiger partial charge in [-0.2, -0.15) is 5.26 Å². The molecule has 0 saturated heterocycles. The average Bonchev–Trinajstić information content (AvgIpc) is 3.37. The number of hydrogen-bond acceptors (Lipinski definition) is 4. The molecule has 0 aliphatic carbocycles. The molecule has 0 fully saturated rings. The minimum atomic E-state index is -0.386. The van der Waals surface area contributed by atoms with Gasteiger partial charge in [0.05, 0.1) is 34.4 Å². The standard InChI is InChI=1S/C29H25Cl2FN6OS/c30-26-6-1-3-22(28(26)31)18-37(29(40)36-24-5-2-4-23(32)13-24)12-11-35-27(39)14-25-16-34-19-38(25)17-21-9-7-20(15-33)8-10-21/h1-10,13,16,19H,11-12,14,17-18H2,(H,35,39)(H,36,40). The number of benzene rings is 3. The topological polar surface area (TPSA) is 86.0 Å². The number of nitriles is 1. The molecule has 40 heavy (non-hydrogen) atoms. The third-order valence-electron chi connectivity index (χ3n) is 6.04. The Bertz CT molecular complexity index is 1540. The molecule has 2 N–H and O–H groups in total. The zero-order chi connectivity index (χ0) is 28.5. The van der Waals surface area contributed by atoms with Crippen molar-refractivity contribution >= 4 is 52.1 Å². The number of nitrogens with one attached hydrogen (secondary N) is 2. The monoisotopic (exact) mass is 594 g/mol. The van der Waals surface area contributed by atoms with Crippen LogP contribution in [0.15, 0.2) is 79.3 Å². The summed E-state index contributed by atoms with van der Waals surface area (Å²) in [5.74, 6) is -0.561. The molecule has 1 aromatic heterocycles. The zero-order valence-corrected chi connectivity index (χ0v) is 23.6. The fourth-order valence-corrected chi connectivity index (χ4v) is 4.63. The van der Waals surface area contributed by atoms with Crippen LogP contribution in [-0.4, -0.2) is 38.6 Å². The number of anilines is 1. The maximum Gasteiger partial charge on any atom is 0.226 e. The van der Waals surface area contributed by atoms with Crippen molar-refractivity contribution in [1.82, 2.24) is 19.8 Å². The summed E-state index contributed by atoms with van der Waals surface area (Å²) < 4.78 is 15.6. The number of nitrogens with zero attached hydrogens (tertiary/aromatic N) is 4. The first-order valence-electron chi connectivity index (χ1n) is 12.3. The predicted molar refractivity (Wildman–Crippen MR) is 159 cm³/mol. The molecule has 1 heterocycles. The largest absolute Gasteiger partial charge is 0.354 e. The fourth-order valence-electron chi connectivity index (χ4n) is 3.97. The van der Waals surface area contributed by atoms with Gasteiger partial charge in [-0.15, -0.1) is 0 Å². The van der Waals surface area contributed by atoms with E-state index in [-0.39, 0.29) is 18.1 Å². The molecule has 0 bridgehead atoms. The summed E-state index contributed by atoms with van der Waals surface area (Å²) in [6.45, 7) is 1.52. The molecule has 3 aromatic carbocycles. The molecular weight excluding hydrogens is 570 g/mol. The van der Waals surface area contributed by atoms with Gasteiger partial charge < -0.3 is 20.1 Å². The summed E-state index contributed by atoms with van der Waals surface area (Å²) in [6, 6.07) is 20.7. The van der Waals surface area contributed by atoms with E-state index in [2.05, 4.69) is 21.7 Å². The van der Waals surface area contributed by atoms with E-state index in [4.69, 9.17) is 40.7 Å². The van der Waals surface area contributed by atoms with Gasteiger partial charge in [-0.05, 0) is 59.7 Å². The number of halogens is 3. The Morgan fingerprint density at radius 3 is 2.65 bits per heavy atom. The second-order valence-electron chi connectivity index (χ2n) is 8.92. The molecular formula is C29H25Cl2FN6OS. The van der Waals surface area contributed by atoms with Crippen LogP contribution in [0.2, 0.25) is 10.0 Å². The molecule has 4 aromatic rings. The molecule has 0 spiro atoms. The van der Waals surface area contributed by atoms with E-state index >= 15 is 0 Å². The highest BCUT2D eigenvalue weighted by molar-refractivity contribution is 7.80. The van der Waals surface area contributed by atoms with Crippen molar-refractivity contribution in [2.45, 2.75) is 19.5 Å². The van der Waals surface area contributed by atoms with Gasteiger partial charge in [-0.3, -0.25) is 4.79 Å². The number of carbonyl (C=O) groups is 1. The number of hydrogen-bond donors (Lipinski definition) is 2. The maximum atomic E-state index is 13.7. The summed E-state index contributed by atoms with van der Waals surface area (Å²) in [5.41, 5.74) is 3.61. The highest BCUT2D eigenvalue weighted by Gasteiger charge is 2.15. The number of rotatable bonds is 10. The molecule has 0 unspecified atom stereocenters. The van der Waals surface area contributed by atoms with Gasteiger partial charge >= 0.3 is 0 Å². The Balaban J connectivity index is 1.37. The first kappa shape index (κ1) is 29.0. The lowest BCUT2D eigenvalue weighted by Crippen LogP contribution is -2.40. The van der Waals surface area contributed by atoms with Crippen LogP contribution in [0.5, 0.6) is 0 Å². The van der Waals surface area contributed by atoms with Crippen molar-refractivity contribution in [3.63, 3.8) is 0 Å². The zero-order valence-electron chi connectivity index (χ0n) is 21.3. The quantitative estimate of drug-likeness (QED) is 0.225. The van der Waals surface area contributed by atoms with E-state index < -0.39 is 0 Å². The van der Waals surface area contributed by atoms with Crippen LogP contribution in [0, 0.1) is 17.1 Å². The summed E-state index contributed by atoms with van der Waals surface area (Å²) in [6.07, 6.45) is 3.48. The van der Waals surface area contributed by atoms with Crippen LogP contribution in [0.25, 0.3) is 0 Å². The molecule has 0 aliphatic rings. The van der Waals surface area contributed by atoms with E-state index in [1.54, 1.807) is 48.9 Å². The van der Waals surface area contributed by atoms with E-state index in [0.717, 1.165) is 16.8 Å². The second kappa shape index (κ2) is 13.9. The van der Waals surface area contributed by atoms with Gasteiger partial charge in [0.2, 0.25) is 5.91 Å². The van der Waals surface area contributed by atoms with Crippen LogP contribution in [0.1, 0.15) is 22.4 Å². The molecule has 4 rings (SSSR count). The number of carbonyl (C=O) groups excluding carboxylic acids is 1. The fraction of sp³-hybridized carbons (Fsp3) is 0.172. The lowest BCUT2D eigenvalue weighted by atomic mass is 10.1. The third kappa shape index (κ3) is 8.02. The van der Waals surface area contributed by atoms with Crippen LogP contribution in [0.3, 0.4) is 0 Å². The van der Waals surface area contributed by atoms with Gasteiger partial charge in [0, 0.05) is 43.8 Å². The van der Waals surface area contributed by atoms with Crippen molar-refractivity contribution in [2.24, 2.45) is 0 Å². The summed E-state index contributed by atoms with van der Waals surface area (Å²) in [4.78, 5) is 18.8. The molecule has 11 heteroatoms. The Hall–Kier alpha value is -3.97. The Morgan fingerprint density at radius 2 is 1.90 bits per heavy atom. The van der Waals surface area contributed by atoms with Crippen molar-refractivity contribution in [2.75, 3.05) is 18.4 Å². The van der Waals surface area contributed by atoms with E-state index in [9.17, 15) is 9.18 Å². The van der Waals surface area contributed by atoms with Crippen molar-refractivity contribution in [3.05, 3.63) is 118 Å². The SMILES string of the molecule is N#Cc1ccc(Cn2cncc2CC(=O)NCCN(Cc2cccc(Cl)c2Cl)C(=S)Nc2cccc(F)c2)cc1. The number of aromatic nitrogens is 2. The van der Waals surface area contributed by atoms with Crippen LogP contribution >= 0.6 is 35.4 Å². The Kier molecular flexibility index (Phi) is 10.1. The first-order chi connectivity index (χ1) is 19.3. The highest BCUT2D eigenvalue weighted by atomic mass is 35.5. The van der Waals surface area contributed by atoms with Crippen LogP contribution in [0.4, 0.5) is 10.1 Å². The number of thiocarbonyl (C=S) groups is 1. The van der Waals surface area contributed by atoms with Crippen LogP contribution < -0.4 is 10.6 Å². The van der Waals surface area contributed by atoms with Gasteiger partial charge in [0.1, 0.15) is 5.82 Å². The smallest absolute Gasteiger partial charge is 0.226 e. The van der Waals surface area contributed by atoms with Gasteiger partial charge in [0.15, 0.2) is 5.11 Å². The lowest BCUT2D eigenvalue weighted by molar-refractivity contribution is -0.120. The number of amides is 1. The molecule has 0 atom stereocenters. The second-order valence-corrected chi connectivity index (χ2v) is 10.1. The van der Waals surface area contributed by atoms with E-state index in [0.29, 0.717) is 52.6 Å². The maximum absolute atomic E-state index is 13.7. The van der Waals surface area contributed by atoms with E-state index in [1.807, 2.05) is 27.7 Å².